The van der Waals surface area contributed by atoms with E-state index in [0.29, 0.717) is 25.1 Å². The summed E-state index contributed by atoms with van der Waals surface area (Å²) < 4.78 is 13.9. The van der Waals surface area contributed by atoms with Gasteiger partial charge in [0.25, 0.3) is 0 Å². The molecule has 6 nitrogen and oxygen atoms in total. The molecule has 1 fully saturated rings. The van der Waals surface area contributed by atoms with E-state index in [-0.39, 0.29) is 11.7 Å². The van der Waals surface area contributed by atoms with Gasteiger partial charge >= 0.3 is 0 Å². The highest BCUT2D eigenvalue weighted by Gasteiger charge is 2.19. The maximum atomic E-state index is 13.9. The van der Waals surface area contributed by atoms with Crippen molar-refractivity contribution in [1.82, 2.24) is 20.2 Å². The molecule has 0 bridgehead atoms. The SMILES string of the molecule is O=C(CCc1cnc(-c2ccccc2)[nH]1)NCCN1CCN(c2ccccc2F)CC1. The lowest BCUT2D eigenvalue weighted by molar-refractivity contribution is -0.121. The van der Waals surface area contributed by atoms with Gasteiger partial charge in [-0.05, 0) is 18.6 Å². The van der Waals surface area contributed by atoms with Crippen molar-refractivity contribution in [3.8, 4) is 11.4 Å². The molecule has 0 radical (unpaired) electrons. The number of imidazole rings is 1. The molecule has 0 saturated carbocycles. The van der Waals surface area contributed by atoms with Crippen LogP contribution in [0.5, 0.6) is 0 Å². The maximum absolute atomic E-state index is 13.9. The monoisotopic (exact) mass is 421 g/mol. The van der Waals surface area contributed by atoms with Crippen LogP contribution in [0.3, 0.4) is 0 Å². The van der Waals surface area contributed by atoms with Crippen LogP contribution in [0.1, 0.15) is 12.1 Å². The van der Waals surface area contributed by atoms with Crippen molar-refractivity contribution in [3.63, 3.8) is 0 Å². The Kier molecular flexibility index (Phi) is 6.94. The molecule has 2 aromatic carbocycles. The second-order valence-corrected chi connectivity index (χ2v) is 7.75. The average Bonchev–Trinajstić information content (AvgIpc) is 3.28. The van der Waals surface area contributed by atoms with E-state index in [1.807, 2.05) is 42.5 Å². The number of rotatable bonds is 8. The van der Waals surface area contributed by atoms with E-state index >= 15 is 0 Å². The summed E-state index contributed by atoms with van der Waals surface area (Å²) in [6, 6.07) is 16.8. The summed E-state index contributed by atoms with van der Waals surface area (Å²) in [4.78, 5) is 24.3. The van der Waals surface area contributed by atoms with Crippen molar-refractivity contribution in [2.24, 2.45) is 0 Å². The van der Waals surface area contributed by atoms with Gasteiger partial charge in [0.2, 0.25) is 5.91 Å². The third-order valence-corrected chi connectivity index (χ3v) is 5.61. The number of para-hydroxylation sites is 1. The molecule has 1 saturated heterocycles. The number of aromatic amines is 1. The molecule has 1 amide bonds. The molecule has 0 unspecified atom stereocenters. The topological polar surface area (TPSA) is 64.3 Å². The van der Waals surface area contributed by atoms with Crippen LogP contribution >= 0.6 is 0 Å². The Morgan fingerprint density at radius 1 is 1.03 bits per heavy atom. The van der Waals surface area contributed by atoms with Crippen LogP contribution in [0.15, 0.2) is 60.8 Å². The standard InChI is InChI=1S/C24H28FN5O/c25-21-8-4-5-9-22(21)30-16-14-29(15-17-30)13-12-26-23(31)11-10-20-18-27-24(28-20)19-6-2-1-3-7-19/h1-9,18H,10-17H2,(H,26,31)(H,27,28). The fourth-order valence-electron chi connectivity index (χ4n) is 3.84. The number of nitrogens with one attached hydrogen (secondary N) is 2. The Morgan fingerprint density at radius 3 is 2.55 bits per heavy atom. The lowest BCUT2D eigenvalue weighted by atomic mass is 10.2. The summed E-state index contributed by atoms with van der Waals surface area (Å²) >= 11 is 0. The van der Waals surface area contributed by atoms with Crippen molar-refractivity contribution < 1.29 is 9.18 Å². The highest BCUT2D eigenvalue weighted by molar-refractivity contribution is 5.76. The van der Waals surface area contributed by atoms with Crippen LogP contribution in [0.2, 0.25) is 0 Å². The fourth-order valence-corrected chi connectivity index (χ4v) is 3.84. The number of H-pyrrole nitrogens is 1. The molecule has 2 N–H and O–H groups in total. The minimum atomic E-state index is -0.170. The lowest BCUT2D eigenvalue weighted by Crippen LogP contribution is -2.48. The van der Waals surface area contributed by atoms with Gasteiger partial charge in [0.15, 0.2) is 0 Å². The van der Waals surface area contributed by atoms with E-state index in [1.165, 1.54) is 6.07 Å². The molecule has 1 aliphatic rings. The molecular formula is C24H28FN5O. The molecule has 0 spiro atoms. The van der Waals surface area contributed by atoms with Gasteiger partial charge in [-0.3, -0.25) is 9.69 Å². The number of nitrogens with zero attached hydrogens (tertiary/aromatic N) is 3. The predicted molar refractivity (Wildman–Crippen MR) is 120 cm³/mol. The summed E-state index contributed by atoms with van der Waals surface area (Å²) in [6.45, 7) is 4.73. The Bertz CT molecular complexity index is 982. The first-order valence-electron chi connectivity index (χ1n) is 10.8. The minimum absolute atomic E-state index is 0.0425. The number of hydrogen-bond acceptors (Lipinski definition) is 4. The van der Waals surface area contributed by atoms with Crippen LogP contribution in [0.25, 0.3) is 11.4 Å². The number of carbonyl (C=O) groups is 1. The average molecular weight is 422 g/mol. The van der Waals surface area contributed by atoms with Crippen LogP contribution in [-0.2, 0) is 11.2 Å². The number of halogens is 1. The molecule has 31 heavy (non-hydrogen) atoms. The molecule has 7 heteroatoms. The number of aromatic nitrogens is 2. The van der Waals surface area contributed by atoms with Crippen molar-refractivity contribution >= 4 is 11.6 Å². The van der Waals surface area contributed by atoms with E-state index in [2.05, 4.69) is 25.1 Å². The number of aryl methyl sites for hydroxylation is 1. The predicted octanol–water partition coefficient (Wildman–Crippen LogP) is 3.09. The van der Waals surface area contributed by atoms with Gasteiger partial charge in [-0.1, -0.05) is 42.5 Å². The minimum Gasteiger partial charge on any atom is -0.367 e. The molecule has 4 rings (SSSR count). The van der Waals surface area contributed by atoms with E-state index < -0.39 is 0 Å². The van der Waals surface area contributed by atoms with E-state index in [1.54, 1.807) is 12.3 Å². The zero-order valence-corrected chi connectivity index (χ0v) is 17.6. The summed E-state index contributed by atoms with van der Waals surface area (Å²) in [5, 5.41) is 3.00. The van der Waals surface area contributed by atoms with E-state index in [4.69, 9.17) is 0 Å². The number of anilines is 1. The normalized spacial score (nSPS) is 14.5. The van der Waals surface area contributed by atoms with Gasteiger partial charge in [0.05, 0.1) is 5.69 Å². The first-order valence-corrected chi connectivity index (χ1v) is 10.8. The second kappa shape index (κ2) is 10.2. The molecule has 3 aromatic rings. The van der Waals surface area contributed by atoms with Crippen molar-refractivity contribution in [3.05, 3.63) is 72.3 Å². The smallest absolute Gasteiger partial charge is 0.220 e. The van der Waals surface area contributed by atoms with Gasteiger partial charge in [-0.25, -0.2) is 9.37 Å². The molecule has 1 aliphatic heterocycles. The maximum Gasteiger partial charge on any atom is 0.220 e. The summed E-state index contributed by atoms with van der Waals surface area (Å²) in [6.07, 6.45) is 2.86. The highest BCUT2D eigenvalue weighted by Crippen LogP contribution is 2.20. The largest absolute Gasteiger partial charge is 0.367 e. The number of benzene rings is 2. The number of hydrogen-bond donors (Lipinski definition) is 2. The number of carbonyl (C=O) groups excluding carboxylic acids is 1. The van der Waals surface area contributed by atoms with E-state index in [0.717, 1.165) is 49.8 Å². The third-order valence-electron chi connectivity index (χ3n) is 5.61. The van der Waals surface area contributed by atoms with Gasteiger partial charge < -0.3 is 15.2 Å². The van der Waals surface area contributed by atoms with Crippen LogP contribution < -0.4 is 10.2 Å². The molecule has 1 aromatic heterocycles. The Balaban J connectivity index is 1.14. The number of amides is 1. The fraction of sp³-hybridized carbons (Fsp3) is 0.333. The van der Waals surface area contributed by atoms with Crippen molar-refractivity contribution in [2.45, 2.75) is 12.8 Å². The van der Waals surface area contributed by atoms with Gasteiger partial charge in [-0.2, -0.15) is 0 Å². The van der Waals surface area contributed by atoms with Gasteiger partial charge in [0.1, 0.15) is 11.6 Å². The first-order chi connectivity index (χ1) is 15.2. The molecular weight excluding hydrogens is 393 g/mol. The quantitative estimate of drug-likeness (QED) is 0.587. The third kappa shape index (κ3) is 5.70. The number of piperazine rings is 1. The molecule has 162 valence electrons. The summed E-state index contributed by atoms with van der Waals surface area (Å²) in [5.41, 5.74) is 2.66. The van der Waals surface area contributed by atoms with Crippen LogP contribution in [0, 0.1) is 5.82 Å². The lowest BCUT2D eigenvalue weighted by Gasteiger charge is -2.36. The molecule has 0 aliphatic carbocycles. The Morgan fingerprint density at radius 2 is 1.77 bits per heavy atom. The van der Waals surface area contributed by atoms with Crippen LogP contribution in [-0.4, -0.2) is 60.0 Å². The van der Waals surface area contributed by atoms with Gasteiger partial charge in [-0.15, -0.1) is 0 Å². The molecule has 0 atom stereocenters. The zero-order chi connectivity index (χ0) is 21.5. The van der Waals surface area contributed by atoms with Crippen molar-refractivity contribution in [1.29, 1.82) is 0 Å². The van der Waals surface area contributed by atoms with Crippen LogP contribution in [0.4, 0.5) is 10.1 Å². The summed E-state index contributed by atoms with van der Waals surface area (Å²) in [5.74, 6) is 0.697. The molecule has 2 heterocycles. The van der Waals surface area contributed by atoms with Gasteiger partial charge in [0, 0.05) is 63.1 Å². The first kappa shape index (κ1) is 21.1. The Hall–Kier alpha value is -3.19. The summed E-state index contributed by atoms with van der Waals surface area (Å²) in [7, 11) is 0. The van der Waals surface area contributed by atoms with Crippen molar-refractivity contribution in [2.75, 3.05) is 44.2 Å². The zero-order valence-electron chi connectivity index (χ0n) is 17.6. The highest BCUT2D eigenvalue weighted by atomic mass is 19.1. The second-order valence-electron chi connectivity index (χ2n) is 7.75. The Labute approximate surface area is 182 Å². The van der Waals surface area contributed by atoms with E-state index in [9.17, 15) is 9.18 Å².